The van der Waals surface area contributed by atoms with Gasteiger partial charge in [0.2, 0.25) is 0 Å². The van der Waals surface area contributed by atoms with Crippen LogP contribution < -0.4 is 5.73 Å². The average Bonchev–Trinajstić information content (AvgIpc) is 2.87. The van der Waals surface area contributed by atoms with Gasteiger partial charge in [-0.3, -0.25) is 4.98 Å². The summed E-state index contributed by atoms with van der Waals surface area (Å²) < 4.78 is 0. The van der Waals surface area contributed by atoms with Crippen molar-refractivity contribution in [3.63, 3.8) is 0 Å². The molecule has 3 aromatic heterocycles. The lowest BCUT2D eigenvalue weighted by atomic mass is 10.2. The predicted octanol–water partition coefficient (Wildman–Crippen LogP) is 2.97. The van der Waals surface area contributed by atoms with Crippen molar-refractivity contribution >= 4 is 28.5 Å². The number of rotatable bonds is 3. The van der Waals surface area contributed by atoms with Crippen molar-refractivity contribution in [2.45, 2.75) is 24.3 Å². The molecule has 0 aliphatic carbocycles. The van der Waals surface area contributed by atoms with Crippen LogP contribution in [0.15, 0.2) is 29.7 Å². The molecule has 0 aliphatic rings. The molecule has 0 bridgehead atoms. The van der Waals surface area contributed by atoms with Crippen LogP contribution in [0.4, 0.5) is 5.82 Å². The highest BCUT2D eigenvalue weighted by atomic mass is 32.2. The normalized spacial score (nSPS) is 12.2. The number of nitriles is 1. The van der Waals surface area contributed by atoms with Gasteiger partial charge >= 0.3 is 0 Å². The van der Waals surface area contributed by atoms with Crippen LogP contribution in [0.3, 0.4) is 0 Å². The Morgan fingerprint density at radius 3 is 2.95 bits per heavy atom. The summed E-state index contributed by atoms with van der Waals surface area (Å²) >= 11 is 1.43. The van der Waals surface area contributed by atoms with E-state index < -0.39 is 0 Å². The molecule has 3 aromatic rings. The Labute approximate surface area is 131 Å². The van der Waals surface area contributed by atoms with Crippen LogP contribution in [0.25, 0.3) is 10.9 Å². The number of hydrogen-bond donors (Lipinski definition) is 2. The Bertz CT molecular complexity index is 879. The maximum Gasteiger partial charge on any atom is 0.191 e. The number of hydrogen-bond acceptors (Lipinski definition) is 6. The Hall–Kier alpha value is -2.59. The number of nitrogens with two attached hydrogens (primary N) is 1. The Morgan fingerprint density at radius 1 is 1.36 bits per heavy atom. The molecule has 0 spiro atoms. The minimum atomic E-state index is 0.0482. The number of anilines is 1. The Morgan fingerprint density at radius 2 is 2.18 bits per heavy atom. The largest absolute Gasteiger partial charge is 0.384 e. The molecule has 0 radical (unpaired) electrons. The first-order chi connectivity index (χ1) is 10.6. The van der Waals surface area contributed by atoms with E-state index in [9.17, 15) is 0 Å². The zero-order chi connectivity index (χ0) is 15.7. The third kappa shape index (κ3) is 2.73. The molecule has 0 aromatic carbocycles. The molecule has 110 valence electrons. The van der Waals surface area contributed by atoms with Crippen molar-refractivity contribution in [1.29, 1.82) is 5.26 Å². The van der Waals surface area contributed by atoms with Crippen LogP contribution >= 0.6 is 11.8 Å². The molecule has 3 rings (SSSR count). The molecule has 7 heteroatoms. The van der Waals surface area contributed by atoms with Crippen molar-refractivity contribution in [3.8, 4) is 6.07 Å². The lowest BCUT2D eigenvalue weighted by Gasteiger charge is -2.10. The van der Waals surface area contributed by atoms with E-state index in [2.05, 4.69) is 32.9 Å². The SMILES string of the molecule is Cc1c[nH]c2cnc(C(C)Sc3nc(N)cc(C#N)n3)cc12. The Balaban J connectivity index is 1.89. The number of pyridine rings is 1. The van der Waals surface area contributed by atoms with E-state index in [4.69, 9.17) is 11.0 Å². The molecule has 0 fully saturated rings. The number of aryl methyl sites for hydroxylation is 1. The summed E-state index contributed by atoms with van der Waals surface area (Å²) in [6.45, 7) is 4.08. The van der Waals surface area contributed by atoms with Crippen molar-refractivity contribution < 1.29 is 0 Å². The maximum absolute atomic E-state index is 8.94. The molecule has 0 saturated heterocycles. The van der Waals surface area contributed by atoms with Crippen molar-refractivity contribution in [1.82, 2.24) is 19.9 Å². The highest BCUT2D eigenvalue weighted by Gasteiger charge is 2.14. The fourth-order valence-corrected chi connectivity index (χ4v) is 3.05. The monoisotopic (exact) mass is 310 g/mol. The van der Waals surface area contributed by atoms with E-state index in [1.165, 1.54) is 23.4 Å². The third-order valence-corrected chi connectivity index (χ3v) is 4.32. The lowest BCUT2D eigenvalue weighted by Crippen LogP contribution is -1.99. The van der Waals surface area contributed by atoms with Crippen LogP contribution in [0.5, 0.6) is 0 Å². The predicted molar refractivity (Wildman–Crippen MR) is 86.3 cm³/mol. The molecule has 22 heavy (non-hydrogen) atoms. The van der Waals surface area contributed by atoms with Gasteiger partial charge in [0.25, 0.3) is 0 Å². The van der Waals surface area contributed by atoms with Crippen LogP contribution in [-0.4, -0.2) is 19.9 Å². The molecule has 3 heterocycles. The summed E-state index contributed by atoms with van der Waals surface area (Å²) in [4.78, 5) is 16.0. The van der Waals surface area contributed by atoms with E-state index in [0.29, 0.717) is 11.0 Å². The molecule has 1 atom stereocenters. The third-order valence-electron chi connectivity index (χ3n) is 3.33. The van der Waals surface area contributed by atoms with Crippen LogP contribution in [0.2, 0.25) is 0 Å². The summed E-state index contributed by atoms with van der Waals surface area (Å²) in [7, 11) is 0. The maximum atomic E-state index is 8.94. The van der Waals surface area contributed by atoms with Gasteiger partial charge in [-0.05, 0) is 25.5 Å². The number of nitrogen functional groups attached to an aromatic ring is 1. The second kappa shape index (κ2) is 5.66. The fraction of sp³-hybridized carbons (Fsp3) is 0.200. The molecule has 0 saturated carbocycles. The highest BCUT2D eigenvalue weighted by molar-refractivity contribution is 7.99. The minimum absolute atomic E-state index is 0.0482. The van der Waals surface area contributed by atoms with Gasteiger partial charge in [0, 0.05) is 17.6 Å². The van der Waals surface area contributed by atoms with Gasteiger partial charge in [-0.15, -0.1) is 0 Å². The number of H-pyrrole nitrogens is 1. The quantitative estimate of drug-likeness (QED) is 0.569. The molecule has 1 unspecified atom stereocenters. The van der Waals surface area contributed by atoms with Gasteiger partial charge in [0.1, 0.15) is 17.6 Å². The number of nitrogens with zero attached hydrogens (tertiary/aromatic N) is 4. The number of nitrogens with one attached hydrogen (secondary N) is 1. The minimum Gasteiger partial charge on any atom is -0.384 e. The van der Waals surface area contributed by atoms with Gasteiger partial charge in [-0.1, -0.05) is 11.8 Å². The molecule has 6 nitrogen and oxygen atoms in total. The number of thioether (sulfide) groups is 1. The first-order valence-corrected chi connectivity index (χ1v) is 7.59. The van der Waals surface area contributed by atoms with E-state index in [1.54, 1.807) is 0 Å². The zero-order valence-corrected chi connectivity index (χ0v) is 13.0. The number of aromatic amines is 1. The first kappa shape index (κ1) is 14.4. The second-order valence-electron chi connectivity index (χ2n) is 4.96. The zero-order valence-electron chi connectivity index (χ0n) is 12.2. The topological polar surface area (TPSA) is 104 Å². The van der Waals surface area contributed by atoms with E-state index >= 15 is 0 Å². The van der Waals surface area contributed by atoms with Crippen LogP contribution in [0, 0.1) is 18.3 Å². The summed E-state index contributed by atoms with van der Waals surface area (Å²) in [5.74, 6) is 0.297. The van der Waals surface area contributed by atoms with Crippen LogP contribution in [-0.2, 0) is 0 Å². The molecular formula is C15H14N6S. The standard InChI is InChI=1S/C15H14N6S/c1-8-6-18-13-7-19-12(4-11(8)13)9(2)22-15-20-10(5-16)3-14(17)21-15/h3-4,6-7,9,18H,1-2H3,(H2,17,20,21). The van der Waals surface area contributed by atoms with Gasteiger partial charge < -0.3 is 10.7 Å². The van der Waals surface area contributed by atoms with Crippen molar-refractivity contribution in [3.05, 3.63) is 41.5 Å². The van der Waals surface area contributed by atoms with E-state index in [-0.39, 0.29) is 10.9 Å². The smallest absolute Gasteiger partial charge is 0.191 e. The van der Waals surface area contributed by atoms with E-state index in [0.717, 1.165) is 16.6 Å². The lowest BCUT2D eigenvalue weighted by molar-refractivity contribution is 0.936. The van der Waals surface area contributed by atoms with Gasteiger partial charge in [0.05, 0.1) is 22.7 Å². The molecule has 3 N–H and O–H groups in total. The van der Waals surface area contributed by atoms with Gasteiger partial charge in [0.15, 0.2) is 5.16 Å². The summed E-state index contributed by atoms with van der Waals surface area (Å²) in [5, 5.41) is 10.6. The summed E-state index contributed by atoms with van der Waals surface area (Å²) in [5.41, 5.74) is 9.10. The second-order valence-corrected chi connectivity index (χ2v) is 6.27. The summed E-state index contributed by atoms with van der Waals surface area (Å²) in [6.07, 6.45) is 3.80. The summed E-state index contributed by atoms with van der Waals surface area (Å²) in [6, 6.07) is 5.51. The van der Waals surface area contributed by atoms with Crippen LogP contribution in [0.1, 0.15) is 29.1 Å². The van der Waals surface area contributed by atoms with Gasteiger partial charge in [-0.2, -0.15) is 5.26 Å². The number of fused-ring (bicyclic) bond motifs is 1. The first-order valence-electron chi connectivity index (χ1n) is 6.72. The highest BCUT2D eigenvalue weighted by Crippen LogP contribution is 2.33. The van der Waals surface area contributed by atoms with Crippen molar-refractivity contribution in [2.24, 2.45) is 0 Å². The van der Waals surface area contributed by atoms with Crippen molar-refractivity contribution in [2.75, 3.05) is 5.73 Å². The average molecular weight is 310 g/mol. The number of aromatic nitrogens is 4. The molecule has 0 aliphatic heterocycles. The Kier molecular flexibility index (Phi) is 3.69. The van der Waals surface area contributed by atoms with Gasteiger partial charge in [-0.25, -0.2) is 9.97 Å². The van der Waals surface area contributed by atoms with E-state index in [1.807, 2.05) is 25.4 Å². The molecule has 0 amide bonds. The molecular weight excluding hydrogens is 296 g/mol. The fourth-order valence-electron chi connectivity index (χ4n) is 2.17.